The van der Waals surface area contributed by atoms with E-state index in [-0.39, 0.29) is 6.04 Å². The van der Waals surface area contributed by atoms with E-state index in [9.17, 15) is 0 Å². The van der Waals surface area contributed by atoms with Gasteiger partial charge in [0.05, 0.1) is 16.4 Å². The predicted molar refractivity (Wildman–Crippen MR) is 83.6 cm³/mol. The fourth-order valence-corrected chi connectivity index (χ4v) is 3.90. The highest BCUT2D eigenvalue weighted by atomic mass is 35.5. The monoisotopic (exact) mass is 298 g/mol. The molecule has 5 heteroatoms. The molecule has 0 aromatic carbocycles. The number of halogens is 1. The molecule has 20 heavy (non-hydrogen) atoms. The van der Waals surface area contributed by atoms with Crippen molar-refractivity contribution in [2.75, 3.05) is 0 Å². The third kappa shape index (κ3) is 2.87. The molecule has 0 radical (unpaired) electrons. The number of hydrazine groups is 1. The average Bonchev–Trinajstić information content (AvgIpc) is 2.88. The van der Waals surface area contributed by atoms with Gasteiger partial charge in [-0.15, -0.1) is 0 Å². The molecule has 1 fully saturated rings. The standard InChI is InChI=1S/C15H27ClN4/c1-5-20-13(14(16)10(2)19-20)9-12(18-17)11-7-6-8-15(11,3)4/h11-12,18H,5-9,17H2,1-4H3. The van der Waals surface area contributed by atoms with Gasteiger partial charge in [-0.25, -0.2) is 0 Å². The largest absolute Gasteiger partial charge is 0.271 e. The third-order valence-electron chi connectivity index (χ3n) is 4.91. The summed E-state index contributed by atoms with van der Waals surface area (Å²) in [5, 5.41) is 5.29. The van der Waals surface area contributed by atoms with Gasteiger partial charge in [-0.2, -0.15) is 5.10 Å². The lowest BCUT2D eigenvalue weighted by molar-refractivity contribution is 0.194. The molecule has 2 atom stereocenters. The molecular weight excluding hydrogens is 272 g/mol. The van der Waals surface area contributed by atoms with Crippen molar-refractivity contribution in [1.29, 1.82) is 0 Å². The summed E-state index contributed by atoms with van der Waals surface area (Å²) in [6.45, 7) is 9.59. The first-order valence-electron chi connectivity index (χ1n) is 7.58. The second-order valence-electron chi connectivity index (χ2n) is 6.63. The second-order valence-corrected chi connectivity index (χ2v) is 7.00. The molecule has 1 saturated carbocycles. The molecule has 114 valence electrons. The molecule has 3 N–H and O–H groups in total. The Hall–Kier alpha value is -0.580. The molecule has 0 saturated heterocycles. The molecule has 1 aliphatic rings. The van der Waals surface area contributed by atoms with Gasteiger partial charge in [-0.3, -0.25) is 16.0 Å². The van der Waals surface area contributed by atoms with Crippen molar-refractivity contribution in [2.45, 2.75) is 66.0 Å². The molecule has 1 aliphatic carbocycles. The van der Waals surface area contributed by atoms with Gasteiger partial charge >= 0.3 is 0 Å². The third-order valence-corrected chi connectivity index (χ3v) is 5.40. The van der Waals surface area contributed by atoms with Gasteiger partial charge < -0.3 is 0 Å². The first-order chi connectivity index (χ1) is 9.40. The van der Waals surface area contributed by atoms with Gasteiger partial charge in [-0.05, 0) is 38.0 Å². The Bertz CT molecular complexity index is 467. The van der Waals surface area contributed by atoms with Crippen LogP contribution in [0.15, 0.2) is 0 Å². The van der Waals surface area contributed by atoms with E-state index in [0.717, 1.165) is 29.4 Å². The second kappa shape index (κ2) is 6.04. The van der Waals surface area contributed by atoms with E-state index in [2.05, 4.69) is 31.3 Å². The summed E-state index contributed by atoms with van der Waals surface area (Å²) in [7, 11) is 0. The zero-order valence-corrected chi connectivity index (χ0v) is 13.8. The van der Waals surface area contributed by atoms with Crippen molar-refractivity contribution in [3.8, 4) is 0 Å². The topological polar surface area (TPSA) is 55.9 Å². The number of hydrogen-bond acceptors (Lipinski definition) is 3. The Morgan fingerprint density at radius 1 is 1.55 bits per heavy atom. The molecular formula is C15H27ClN4. The normalized spacial score (nSPS) is 23.2. The SMILES string of the molecule is CCn1nc(C)c(Cl)c1CC(NN)C1CCCC1(C)C. The van der Waals surface area contributed by atoms with E-state index in [0.29, 0.717) is 11.3 Å². The molecule has 0 aliphatic heterocycles. The molecule has 1 heterocycles. The van der Waals surface area contributed by atoms with Gasteiger partial charge in [0.1, 0.15) is 0 Å². The van der Waals surface area contributed by atoms with Crippen LogP contribution in [0.25, 0.3) is 0 Å². The first-order valence-corrected chi connectivity index (χ1v) is 7.96. The number of nitrogens with one attached hydrogen (secondary N) is 1. The van der Waals surface area contributed by atoms with E-state index in [1.54, 1.807) is 0 Å². The summed E-state index contributed by atoms with van der Waals surface area (Å²) in [6, 6.07) is 0.256. The highest BCUT2D eigenvalue weighted by Crippen LogP contribution is 2.45. The predicted octanol–water partition coefficient (Wildman–Crippen LogP) is 3.07. The Morgan fingerprint density at radius 3 is 2.75 bits per heavy atom. The quantitative estimate of drug-likeness (QED) is 0.649. The minimum atomic E-state index is 0.256. The number of rotatable bonds is 5. The zero-order chi connectivity index (χ0) is 14.9. The van der Waals surface area contributed by atoms with Crippen molar-refractivity contribution in [3.63, 3.8) is 0 Å². The van der Waals surface area contributed by atoms with Crippen LogP contribution >= 0.6 is 11.6 Å². The van der Waals surface area contributed by atoms with Gasteiger partial charge in [-0.1, -0.05) is 31.9 Å². The number of nitrogens with zero attached hydrogens (tertiary/aromatic N) is 2. The summed E-state index contributed by atoms with van der Waals surface area (Å²) in [5.41, 5.74) is 5.40. The van der Waals surface area contributed by atoms with Crippen molar-refractivity contribution in [3.05, 3.63) is 16.4 Å². The molecule has 2 rings (SSSR count). The Labute approximate surface area is 127 Å². The van der Waals surface area contributed by atoms with E-state index in [1.165, 1.54) is 19.3 Å². The highest BCUT2D eigenvalue weighted by molar-refractivity contribution is 6.31. The van der Waals surface area contributed by atoms with Crippen molar-refractivity contribution < 1.29 is 0 Å². The summed E-state index contributed by atoms with van der Waals surface area (Å²) in [5.74, 6) is 6.43. The maximum Gasteiger partial charge on any atom is 0.0847 e. The number of aromatic nitrogens is 2. The fourth-order valence-electron chi connectivity index (χ4n) is 3.69. The molecule has 1 aromatic heterocycles. The first kappa shape index (κ1) is 15.8. The maximum absolute atomic E-state index is 6.42. The van der Waals surface area contributed by atoms with Crippen molar-refractivity contribution in [1.82, 2.24) is 15.2 Å². The van der Waals surface area contributed by atoms with E-state index < -0.39 is 0 Å². The summed E-state index contributed by atoms with van der Waals surface area (Å²) in [6.07, 6.45) is 4.64. The van der Waals surface area contributed by atoms with E-state index in [4.69, 9.17) is 17.4 Å². The van der Waals surface area contributed by atoms with Crippen LogP contribution in [0.4, 0.5) is 0 Å². The van der Waals surface area contributed by atoms with Crippen LogP contribution in [0.3, 0.4) is 0 Å². The van der Waals surface area contributed by atoms with Crippen LogP contribution in [0, 0.1) is 18.3 Å². The Morgan fingerprint density at radius 2 is 2.25 bits per heavy atom. The molecule has 2 unspecified atom stereocenters. The lowest BCUT2D eigenvalue weighted by Gasteiger charge is -2.34. The number of aryl methyl sites for hydroxylation is 2. The molecule has 1 aromatic rings. The van der Waals surface area contributed by atoms with Gasteiger partial charge in [0.2, 0.25) is 0 Å². The van der Waals surface area contributed by atoms with Crippen LogP contribution in [0.2, 0.25) is 5.02 Å². The molecule has 0 amide bonds. The molecule has 0 spiro atoms. The lowest BCUT2D eigenvalue weighted by Crippen LogP contribution is -2.46. The van der Waals surface area contributed by atoms with Crippen LogP contribution in [0.1, 0.15) is 51.4 Å². The van der Waals surface area contributed by atoms with E-state index in [1.807, 2.05) is 11.6 Å². The van der Waals surface area contributed by atoms with Crippen molar-refractivity contribution >= 4 is 11.6 Å². The van der Waals surface area contributed by atoms with Crippen LogP contribution < -0.4 is 11.3 Å². The van der Waals surface area contributed by atoms with Gasteiger partial charge in [0, 0.05) is 19.0 Å². The molecule has 0 bridgehead atoms. The smallest absolute Gasteiger partial charge is 0.0847 e. The van der Waals surface area contributed by atoms with Crippen LogP contribution in [-0.4, -0.2) is 15.8 Å². The lowest BCUT2D eigenvalue weighted by atomic mass is 9.76. The number of nitrogens with two attached hydrogens (primary N) is 1. The zero-order valence-electron chi connectivity index (χ0n) is 13.0. The average molecular weight is 299 g/mol. The van der Waals surface area contributed by atoms with Crippen LogP contribution in [-0.2, 0) is 13.0 Å². The van der Waals surface area contributed by atoms with Gasteiger partial charge in [0.25, 0.3) is 0 Å². The summed E-state index contributed by atoms with van der Waals surface area (Å²) < 4.78 is 2.00. The highest BCUT2D eigenvalue weighted by Gasteiger charge is 2.39. The van der Waals surface area contributed by atoms with Crippen LogP contribution in [0.5, 0.6) is 0 Å². The summed E-state index contributed by atoms with van der Waals surface area (Å²) in [4.78, 5) is 0. The van der Waals surface area contributed by atoms with E-state index >= 15 is 0 Å². The Balaban J connectivity index is 2.23. The molecule has 4 nitrogen and oxygen atoms in total. The minimum Gasteiger partial charge on any atom is -0.271 e. The summed E-state index contributed by atoms with van der Waals surface area (Å²) >= 11 is 6.42. The van der Waals surface area contributed by atoms with Crippen molar-refractivity contribution in [2.24, 2.45) is 17.2 Å². The number of hydrogen-bond donors (Lipinski definition) is 2. The minimum absolute atomic E-state index is 0.256. The maximum atomic E-state index is 6.42. The Kier molecular flexibility index (Phi) is 4.77. The van der Waals surface area contributed by atoms with Gasteiger partial charge in [0.15, 0.2) is 0 Å². The fraction of sp³-hybridized carbons (Fsp3) is 0.800.